The lowest BCUT2D eigenvalue weighted by Gasteiger charge is -2.33. The first-order chi connectivity index (χ1) is 13.1. The van der Waals surface area contributed by atoms with E-state index in [1.54, 1.807) is 13.8 Å². The van der Waals surface area contributed by atoms with E-state index in [0.717, 1.165) is 18.7 Å². The van der Waals surface area contributed by atoms with Crippen molar-refractivity contribution in [2.75, 3.05) is 26.2 Å². The molecule has 0 saturated carbocycles. The molecule has 3 heterocycles. The predicted molar refractivity (Wildman–Crippen MR) is 96.9 cm³/mol. The van der Waals surface area contributed by atoms with Crippen LogP contribution in [0.25, 0.3) is 11.4 Å². The number of aromatic nitrogens is 3. The van der Waals surface area contributed by atoms with Gasteiger partial charge in [-0.25, -0.2) is 0 Å². The summed E-state index contributed by atoms with van der Waals surface area (Å²) >= 11 is 0. The number of amides is 1. The summed E-state index contributed by atoms with van der Waals surface area (Å²) in [6, 6.07) is 9.75. The summed E-state index contributed by atoms with van der Waals surface area (Å²) in [5.41, 5.74) is 2.15. The van der Waals surface area contributed by atoms with Crippen molar-refractivity contribution < 1.29 is 13.8 Å². The Kier molecular flexibility index (Phi) is 4.72. The Hall–Kier alpha value is -3.00. The third-order valence-electron chi connectivity index (χ3n) is 4.77. The second-order valence-corrected chi connectivity index (χ2v) is 6.65. The predicted octanol–water partition coefficient (Wildman–Crippen LogP) is 2.30. The molecule has 27 heavy (non-hydrogen) atoms. The summed E-state index contributed by atoms with van der Waals surface area (Å²) in [6.45, 7) is 6.91. The maximum absolute atomic E-state index is 12.7. The number of rotatable bonds is 4. The minimum atomic E-state index is -0.0185. The van der Waals surface area contributed by atoms with Gasteiger partial charge < -0.3 is 13.9 Å². The zero-order chi connectivity index (χ0) is 18.8. The molecule has 1 aliphatic heterocycles. The first-order valence-corrected chi connectivity index (χ1v) is 8.94. The van der Waals surface area contributed by atoms with Gasteiger partial charge in [-0.2, -0.15) is 4.98 Å². The SMILES string of the molecule is Cc1noc(C)c1C(=O)N1CCN(Cc2nc(-c3ccccc3)no2)CC1. The third-order valence-corrected chi connectivity index (χ3v) is 4.77. The molecule has 0 unspecified atom stereocenters. The van der Waals surface area contributed by atoms with E-state index < -0.39 is 0 Å². The van der Waals surface area contributed by atoms with Crippen LogP contribution in [0, 0.1) is 13.8 Å². The highest BCUT2D eigenvalue weighted by Crippen LogP contribution is 2.18. The van der Waals surface area contributed by atoms with Crippen molar-refractivity contribution in [3.8, 4) is 11.4 Å². The van der Waals surface area contributed by atoms with Crippen molar-refractivity contribution in [3.63, 3.8) is 0 Å². The smallest absolute Gasteiger partial charge is 0.259 e. The Labute approximate surface area is 156 Å². The molecule has 4 rings (SSSR count). The number of nitrogens with zero attached hydrogens (tertiary/aromatic N) is 5. The minimum Gasteiger partial charge on any atom is -0.361 e. The summed E-state index contributed by atoms with van der Waals surface area (Å²) in [7, 11) is 0. The van der Waals surface area contributed by atoms with E-state index in [9.17, 15) is 4.79 Å². The monoisotopic (exact) mass is 367 g/mol. The van der Waals surface area contributed by atoms with Crippen LogP contribution in [0.4, 0.5) is 0 Å². The molecule has 140 valence electrons. The molecule has 8 nitrogen and oxygen atoms in total. The van der Waals surface area contributed by atoms with Crippen LogP contribution in [0.2, 0.25) is 0 Å². The van der Waals surface area contributed by atoms with E-state index in [1.807, 2.05) is 35.2 Å². The van der Waals surface area contributed by atoms with Crippen molar-refractivity contribution >= 4 is 5.91 Å². The molecule has 1 saturated heterocycles. The average molecular weight is 367 g/mol. The summed E-state index contributed by atoms with van der Waals surface area (Å²) in [4.78, 5) is 21.2. The number of piperazine rings is 1. The van der Waals surface area contributed by atoms with Gasteiger partial charge in [0.2, 0.25) is 11.7 Å². The van der Waals surface area contributed by atoms with Crippen molar-refractivity contribution in [1.29, 1.82) is 0 Å². The van der Waals surface area contributed by atoms with Gasteiger partial charge >= 0.3 is 0 Å². The van der Waals surface area contributed by atoms with Crippen LogP contribution in [-0.2, 0) is 6.54 Å². The third kappa shape index (κ3) is 3.61. The van der Waals surface area contributed by atoms with E-state index in [4.69, 9.17) is 9.05 Å². The molecule has 0 N–H and O–H groups in total. The van der Waals surface area contributed by atoms with Gasteiger partial charge in [-0.1, -0.05) is 40.6 Å². The Morgan fingerprint density at radius 1 is 1.04 bits per heavy atom. The highest BCUT2D eigenvalue weighted by molar-refractivity contribution is 5.96. The summed E-state index contributed by atoms with van der Waals surface area (Å²) in [5.74, 6) is 1.73. The topological polar surface area (TPSA) is 88.5 Å². The molecule has 8 heteroatoms. The normalized spacial score (nSPS) is 15.3. The summed E-state index contributed by atoms with van der Waals surface area (Å²) < 4.78 is 10.5. The lowest BCUT2D eigenvalue weighted by molar-refractivity contribution is 0.0613. The number of carbonyl (C=O) groups excluding carboxylic acids is 1. The maximum atomic E-state index is 12.7. The van der Waals surface area contributed by atoms with Crippen LogP contribution in [0.1, 0.15) is 27.7 Å². The molecule has 1 amide bonds. The fraction of sp³-hybridized carbons (Fsp3) is 0.368. The van der Waals surface area contributed by atoms with Gasteiger partial charge in [0.15, 0.2) is 0 Å². The van der Waals surface area contributed by atoms with E-state index in [0.29, 0.717) is 48.4 Å². The molecular weight excluding hydrogens is 346 g/mol. The van der Waals surface area contributed by atoms with E-state index in [1.165, 1.54) is 0 Å². The Bertz CT molecular complexity index is 906. The minimum absolute atomic E-state index is 0.0185. The molecule has 0 spiro atoms. The molecule has 0 bridgehead atoms. The Balaban J connectivity index is 1.35. The molecule has 0 aliphatic carbocycles. The highest BCUT2D eigenvalue weighted by Gasteiger charge is 2.27. The van der Waals surface area contributed by atoms with Crippen molar-refractivity contribution in [1.82, 2.24) is 25.1 Å². The zero-order valence-corrected chi connectivity index (χ0v) is 15.4. The van der Waals surface area contributed by atoms with E-state index in [2.05, 4.69) is 20.2 Å². The maximum Gasteiger partial charge on any atom is 0.259 e. The Morgan fingerprint density at radius 3 is 2.44 bits per heavy atom. The van der Waals surface area contributed by atoms with Gasteiger partial charge in [-0.15, -0.1) is 0 Å². The number of benzene rings is 1. The van der Waals surface area contributed by atoms with Gasteiger partial charge in [0.25, 0.3) is 5.91 Å². The largest absolute Gasteiger partial charge is 0.361 e. The van der Waals surface area contributed by atoms with Gasteiger partial charge in [-0.05, 0) is 13.8 Å². The van der Waals surface area contributed by atoms with Gasteiger partial charge in [-0.3, -0.25) is 9.69 Å². The molecule has 1 aliphatic rings. The number of aryl methyl sites for hydroxylation is 2. The molecule has 1 fully saturated rings. The van der Waals surface area contributed by atoms with Crippen LogP contribution in [0.3, 0.4) is 0 Å². The first-order valence-electron chi connectivity index (χ1n) is 8.94. The van der Waals surface area contributed by atoms with Crippen molar-refractivity contribution in [2.24, 2.45) is 0 Å². The lowest BCUT2D eigenvalue weighted by atomic mass is 10.1. The van der Waals surface area contributed by atoms with Crippen molar-refractivity contribution in [3.05, 3.63) is 53.2 Å². The molecule has 3 aromatic rings. The molecule has 2 aromatic heterocycles. The molecular formula is C19H21N5O3. The average Bonchev–Trinajstić information content (AvgIpc) is 3.29. The standard InChI is InChI=1S/C19H21N5O3/c1-13-17(14(2)26-21-13)19(25)24-10-8-23(9-11-24)12-16-20-18(22-27-16)15-6-4-3-5-7-15/h3-7H,8-12H2,1-2H3. The highest BCUT2D eigenvalue weighted by atomic mass is 16.5. The van der Waals surface area contributed by atoms with Crippen molar-refractivity contribution in [2.45, 2.75) is 20.4 Å². The molecule has 0 radical (unpaired) electrons. The number of carbonyl (C=O) groups is 1. The number of hydrogen-bond acceptors (Lipinski definition) is 7. The van der Waals surface area contributed by atoms with Crippen LogP contribution in [-0.4, -0.2) is 57.2 Å². The van der Waals surface area contributed by atoms with Crippen LogP contribution in [0.5, 0.6) is 0 Å². The second kappa shape index (κ2) is 7.32. The van der Waals surface area contributed by atoms with Crippen LogP contribution in [0.15, 0.2) is 39.4 Å². The quantitative estimate of drug-likeness (QED) is 0.699. The van der Waals surface area contributed by atoms with Crippen LogP contribution < -0.4 is 0 Å². The van der Waals surface area contributed by atoms with Gasteiger partial charge in [0.05, 0.1) is 12.2 Å². The fourth-order valence-corrected chi connectivity index (χ4v) is 3.27. The number of hydrogen-bond donors (Lipinski definition) is 0. The zero-order valence-electron chi connectivity index (χ0n) is 15.4. The fourth-order valence-electron chi connectivity index (χ4n) is 3.27. The molecule has 1 aromatic carbocycles. The molecule has 0 atom stereocenters. The van der Waals surface area contributed by atoms with Crippen LogP contribution >= 0.6 is 0 Å². The summed E-state index contributed by atoms with van der Waals surface area (Å²) in [5, 5.41) is 7.92. The van der Waals surface area contributed by atoms with Gasteiger partial charge in [0, 0.05) is 31.7 Å². The van der Waals surface area contributed by atoms with E-state index >= 15 is 0 Å². The first kappa shape index (κ1) is 17.4. The summed E-state index contributed by atoms with van der Waals surface area (Å²) in [6.07, 6.45) is 0. The second-order valence-electron chi connectivity index (χ2n) is 6.65. The Morgan fingerprint density at radius 2 is 1.78 bits per heavy atom. The lowest BCUT2D eigenvalue weighted by Crippen LogP contribution is -2.48. The van der Waals surface area contributed by atoms with E-state index in [-0.39, 0.29) is 5.91 Å². The van der Waals surface area contributed by atoms with Gasteiger partial charge in [0.1, 0.15) is 11.3 Å².